The number of hydrogen-bond acceptors (Lipinski definition) is 0. The summed E-state index contributed by atoms with van der Waals surface area (Å²) in [5.41, 5.74) is 4.86. The van der Waals surface area contributed by atoms with Gasteiger partial charge >= 0.3 is 0 Å². The maximum atomic E-state index is 6.02. The van der Waals surface area contributed by atoms with Gasteiger partial charge in [-0.2, -0.15) is 0 Å². The summed E-state index contributed by atoms with van der Waals surface area (Å²) >= 11 is 6.02. The first kappa shape index (κ1) is 16.1. The Morgan fingerprint density at radius 3 is 1.44 bits per heavy atom. The Balaban J connectivity index is 1.61. The van der Waals surface area contributed by atoms with E-state index < -0.39 is 0 Å². The summed E-state index contributed by atoms with van der Waals surface area (Å²) in [6.07, 6.45) is 0. The summed E-state index contributed by atoms with van der Waals surface area (Å²) in [6, 6.07) is 36.4. The summed E-state index contributed by atoms with van der Waals surface area (Å²) in [5, 5.41) is 5.79. The van der Waals surface area contributed by atoms with Gasteiger partial charge in [-0.15, -0.1) is 0 Å². The van der Waals surface area contributed by atoms with Crippen LogP contribution in [-0.4, -0.2) is 0 Å². The van der Waals surface area contributed by atoms with Gasteiger partial charge in [0.05, 0.1) is 0 Å². The second-order valence-corrected chi connectivity index (χ2v) is 7.28. The molecule has 5 aromatic carbocycles. The summed E-state index contributed by atoms with van der Waals surface area (Å²) in [7, 11) is 0. The smallest absolute Gasteiger partial charge is 0.0406 e. The first-order valence-electron chi connectivity index (χ1n) is 9.05. The van der Waals surface area contributed by atoms with Gasteiger partial charge in [-0.05, 0) is 74.1 Å². The molecule has 0 aliphatic heterocycles. The van der Waals surface area contributed by atoms with E-state index in [2.05, 4.69) is 91.0 Å². The molecule has 0 heterocycles. The largest absolute Gasteiger partial charge is 0.0843 e. The fourth-order valence-electron chi connectivity index (χ4n) is 3.62. The Morgan fingerprint density at radius 1 is 0.370 bits per heavy atom. The Hall–Kier alpha value is -3.09. The second-order valence-electron chi connectivity index (χ2n) is 6.85. The van der Waals surface area contributed by atoms with Gasteiger partial charge in [0.2, 0.25) is 0 Å². The molecule has 0 unspecified atom stereocenters. The molecule has 0 N–H and O–H groups in total. The van der Waals surface area contributed by atoms with Crippen molar-refractivity contribution < 1.29 is 0 Å². The molecule has 0 aliphatic rings. The molecule has 0 bridgehead atoms. The SMILES string of the molecule is Clc1ccc(-c2ccc3ccc(-c4ccc5ccccc5c4)cc3c2)cc1. The summed E-state index contributed by atoms with van der Waals surface area (Å²) < 4.78 is 0. The van der Waals surface area contributed by atoms with E-state index in [1.54, 1.807) is 0 Å². The van der Waals surface area contributed by atoms with Crippen LogP contribution in [0.25, 0.3) is 43.8 Å². The lowest BCUT2D eigenvalue weighted by molar-refractivity contribution is 1.63. The zero-order valence-electron chi connectivity index (χ0n) is 14.7. The van der Waals surface area contributed by atoms with Crippen LogP contribution in [0.15, 0.2) is 103 Å². The Kier molecular flexibility index (Phi) is 3.92. The quantitative estimate of drug-likeness (QED) is 0.298. The third-order valence-electron chi connectivity index (χ3n) is 5.10. The van der Waals surface area contributed by atoms with E-state index in [1.165, 1.54) is 43.8 Å². The lowest BCUT2D eigenvalue weighted by atomic mass is 9.96. The van der Waals surface area contributed by atoms with Gasteiger partial charge in [-0.3, -0.25) is 0 Å². The predicted octanol–water partition coefficient (Wildman–Crippen LogP) is 7.98. The molecular weight excluding hydrogens is 348 g/mol. The van der Waals surface area contributed by atoms with Gasteiger partial charge in [-0.1, -0.05) is 84.4 Å². The molecule has 0 spiro atoms. The molecule has 0 saturated carbocycles. The first-order chi connectivity index (χ1) is 13.3. The van der Waals surface area contributed by atoms with Crippen molar-refractivity contribution in [2.24, 2.45) is 0 Å². The Bertz CT molecular complexity index is 1270. The highest BCUT2D eigenvalue weighted by atomic mass is 35.5. The lowest BCUT2D eigenvalue weighted by Crippen LogP contribution is -1.82. The third-order valence-corrected chi connectivity index (χ3v) is 5.35. The normalized spacial score (nSPS) is 11.1. The lowest BCUT2D eigenvalue weighted by Gasteiger charge is -2.08. The zero-order chi connectivity index (χ0) is 18.2. The van der Waals surface area contributed by atoms with Crippen LogP contribution in [0.4, 0.5) is 0 Å². The van der Waals surface area contributed by atoms with Crippen molar-refractivity contribution in [3.05, 3.63) is 108 Å². The minimum atomic E-state index is 0.762. The van der Waals surface area contributed by atoms with E-state index in [-0.39, 0.29) is 0 Å². The van der Waals surface area contributed by atoms with E-state index in [0.29, 0.717) is 0 Å². The highest BCUT2D eigenvalue weighted by Gasteiger charge is 2.04. The van der Waals surface area contributed by atoms with Gasteiger partial charge in [0.25, 0.3) is 0 Å². The van der Waals surface area contributed by atoms with E-state index in [0.717, 1.165) is 5.02 Å². The number of benzene rings is 5. The zero-order valence-corrected chi connectivity index (χ0v) is 15.4. The van der Waals surface area contributed by atoms with Gasteiger partial charge < -0.3 is 0 Å². The van der Waals surface area contributed by atoms with E-state index in [4.69, 9.17) is 11.6 Å². The van der Waals surface area contributed by atoms with Crippen LogP contribution < -0.4 is 0 Å². The molecule has 0 fully saturated rings. The molecule has 0 atom stereocenters. The Labute approximate surface area is 163 Å². The monoisotopic (exact) mass is 364 g/mol. The second kappa shape index (κ2) is 6.57. The first-order valence-corrected chi connectivity index (χ1v) is 9.43. The van der Waals surface area contributed by atoms with Gasteiger partial charge in [0.15, 0.2) is 0 Å². The van der Waals surface area contributed by atoms with Crippen molar-refractivity contribution in [3.63, 3.8) is 0 Å². The average Bonchev–Trinajstić information content (AvgIpc) is 2.73. The summed E-state index contributed by atoms with van der Waals surface area (Å²) in [4.78, 5) is 0. The third kappa shape index (κ3) is 3.09. The molecule has 128 valence electrons. The molecule has 27 heavy (non-hydrogen) atoms. The predicted molar refractivity (Wildman–Crippen MR) is 117 cm³/mol. The number of fused-ring (bicyclic) bond motifs is 2. The molecule has 0 amide bonds. The number of hydrogen-bond donors (Lipinski definition) is 0. The molecular formula is C26H17Cl. The molecule has 5 rings (SSSR count). The molecule has 5 aromatic rings. The van der Waals surface area contributed by atoms with Crippen LogP contribution in [-0.2, 0) is 0 Å². The maximum absolute atomic E-state index is 6.02. The standard InChI is InChI=1S/C26H17Cl/c27-26-13-11-19(12-14-26)22-8-6-20-7-10-24(17-25(20)16-22)23-9-5-18-3-1-2-4-21(18)15-23/h1-17H. The maximum Gasteiger partial charge on any atom is 0.0406 e. The van der Waals surface area contributed by atoms with Gasteiger partial charge in [0.1, 0.15) is 0 Å². The van der Waals surface area contributed by atoms with Crippen LogP contribution in [0, 0.1) is 0 Å². The van der Waals surface area contributed by atoms with E-state index >= 15 is 0 Å². The van der Waals surface area contributed by atoms with Gasteiger partial charge in [-0.25, -0.2) is 0 Å². The molecule has 0 aliphatic carbocycles. The van der Waals surface area contributed by atoms with Crippen molar-refractivity contribution in [1.29, 1.82) is 0 Å². The van der Waals surface area contributed by atoms with E-state index in [9.17, 15) is 0 Å². The van der Waals surface area contributed by atoms with E-state index in [1.807, 2.05) is 12.1 Å². The topological polar surface area (TPSA) is 0 Å². The molecule has 0 nitrogen and oxygen atoms in total. The molecule has 0 radical (unpaired) electrons. The van der Waals surface area contributed by atoms with Crippen LogP contribution in [0.1, 0.15) is 0 Å². The molecule has 0 saturated heterocycles. The number of halogens is 1. The highest BCUT2D eigenvalue weighted by Crippen LogP contribution is 2.30. The highest BCUT2D eigenvalue weighted by molar-refractivity contribution is 6.30. The van der Waals surface area contributed by atoms with Crippen molar-refractivity contribution in [2.75, 3.05) is 0 Å². The Morgan fingerprint density at radius 2 is 0.815 bits per heavy atom. The van der Waals surface area contributed by atoms with Crippen molar-refractivity contribution in [2.45, 2.75) is 0 Å². The fourth-order valence-corrected chi connectivity index (χ4v) is 3.74. The summed E-state index contributed by atoms with van der Waals surface area (Å²) in [5.74, 6) is 0. The van der Waals surface area contributed by atoms with Gasteiger partial charge in [0, 0.05) is 5.02 Å². The van der Waals surface area contributed by atoms with Crippen molar-refractivity contribution in [1.82, 2.24) is 0 Å². The number of rotatable bonds is 2. The minimum Gasteiger partial charge on any atom is -0.0843 e. The fraction of sp³-hybridized carbons (Fsp3) is 0. The van der Waals surface area contributed by atoms with Crippen molar-refractivity contribution >= 4 is 33.1 Å². The average molecular weight is 365 g/mol. The molecule has 0 aromatic heterocycles. The van der Waals surface area contributed by atoms with Crippen molar-refractivity contribution in [3.8, 4) is 22.3 Å². The van der Waals surface area contributed by atoms with Crippen LogP contribution >= 0.6 is 11.6 Å². The van der Waals surface area contributed by atoms with Crippen LogP contribution in [0.2, 0.25) is 5.02 Å². The molecule has 1 heteroatoms. The minimum absolute atomic E-state index is 0.762. The van der Waals surface area contributed by atoms with Crippen LogP contribution in [0.3, 0.4) is 0 Å². The summed E-state index contributed by atoms with van der Waals surface area (Å²) in [6.45, 7) is 0. The van der Waals surface area contributed by atoms with Crippen LogP contribution in [0.5, 0.6) is 0 Å².